The third-order valence-corrected chi connectivity index (χ3v) is 6.35. The van der Waals surface area contributed by atoms with Crippen LogP contribution in [0.15, 0.2) is 48.5 Å². The van der Waals surface area contributed by atoms with Gasteiger partial charge < -0.3 is 9.47 Å². The molecule has 0 fully saturated rings. The van der Waals surface area contributed by atoms with Crippen LogP contribution < -0.4 is 0 Å². The SMILES string of the molecule is Cc1ccc2c(c1)c1c3n2[C@@H](c2ccccc2)CC[C@]3(C)CN(C)C1. The molecule has 2 aliphatic heterocycles. The molecule has 0 spiro atoms. The number of benzene rings is 2. The van der Waals surface area contributed by atoms with Crippen LogP contribution in [0.4, 0.5) is 0 Å². The van der Waals surface area contributed by atoms with E-state index in [1.54, 1.807) is 11.3 Å². The van der Waals surface area contributed by atoms with Crippen molar-refractivity contribution in [3.63, 3.8) is 0 Å². The summed E-state index contributed by atoms with van der Waals surface area (Å²) in [5.41, 5.74) is 7.66. The Morgan fingerprint density at radius 3 is 2.68 bits per heavy atom. The zero-order valence-electron chi connectivity index (χ0n) is 15.4. The van der Waals surface area contributed by atoms with E-state index in [2.05, 4.69) is 78.9 Å². The molecule has 3 aromatic rings. The van der Waals surface area contributed by atoms with E-state index in [4.69, 9.17) is 0 Å². The first-order chi connectivity index (χ1) is 12.1. The number of rotatable bonds is 1. The van der Waals surface area contributed by atoms with Crippen molar-refractivity contribution in [1.82, 2.24) is 9.47 Å². The maximum absolute atomic E-state index is 2.69. The van der Waals surface area contributed by atoms with Gasteiger partial charge in [0.2, 0.25) is 0 Å². The molecule has 0 radical (unpaired) electrons. The van der Waals surface area contributed by atoms with E-state index in [1.807, 2.05) is 0 Å². The van der Waals surface area contributed by atoms with Crippen LogP contribution in [0.1, 0.15) is 48.2 Å². The lowest BCUT2D eigenvalue weighted by molar-refractivity contribution is 0.180. The van der Waals surface area contributed by atoms with Crippen molar-refractivity contribution in [2.45, 2.75) is 44.7 Å². The third kappa shape index (κ3) is 2.13. The third-order valence-electron chi connectivity index (χ3n) is 6.35. The van der Waals surface area contributed by atoms with Crippen molar-refractivity contribution in [3.8, 4) is 0 Å². The van der Waals surface area contributed by atoms with Crippen molar-refractivity contribution in [2.24, 2.45) is 0 Å². The van der Waals surface area contributed by atoms with Crippen molar-refractivity contribution in [3.05, 3.63) is 70.9 Å². The predicted molar refractivity (Wildman–Crippen MR) is 104 cm³/mol. The van der Waals surface area contributed by atoms with Gasteiger partial charge in [0.15, 0.2) is 0 Å². The molecule has 25 heavy (non-hydrogen) atoms. The zero-order chi connectivity index (χ0) is 17.2. The quantitative estimate of drug-likeness (QED) is 0.607. The minimum atomic E-state index is 0.264. The Labute approximate surface area is 150 Å². The molecule has 0 unspecified atom stereocenters. The number of hydrogen-bond acceptors (Lipinski definition) is 1. The normalized spacial score (nSPS) is 26.0. The fourth-order valence-electron chi connectivity index (χ4n) is 5.40. The van der Waals surface area contributed by atoms with Crippen LogP contribution >= 0.6 is 0 Å². The first-order valence-corrected chi connectivity index (χ1v) is 9.44. The van der Waals surface area contributed by atoms with E-state index < -0.39 is 0 Å². The maximum atomic E-state index is 2.69. The summed E-state index contributed by atoms with van der Waals surface area (Å²) in [6.45, 7) is 6.92. The molecule has 2 nitrogen and oxygen atoms in total. The van der Waals surface area contributed by atoms with Gasteiger partial charge in [0.25, 0.3) is 0 Å². The van der Waals surface area contributed by atoms with Gasteiger partial charge in [-0.2, -0.15) is 0 Å². The molecule has 0 N–H and O–H groups in total. The lowest BCUT2D eigenvalue weighted by Gasteiger charge is -2.45. The predicted octanol–water partition coefficient (Wildman–Crippen LogP) is 5.04. The Morgan fingerprint density at radius 2 is 1.88 bits per heavy atom. The maximum Gasteiger partial charge on any atom is 0.0589 e. The van der Waals surface area contributed by atoms with Crippen LogP contribution in [0.2, 0.25) is 0 Å². The van der Waals surface area contributed by atoms with Crippen LogP contribution in [0, 0.1) is 6.92 Å². The van der Waals surface area contributed by atoms with Gasteiger partial charge in [0.05, 0.1) is 6.04 Å². The summed E-state index contributed by atoms with van der Waals surface area (Å²) in [6.07, 6.45) is 2.48. The molecule has 0 saturated carbocycles. The van der Waals surface area contributed by atoms with E-state index in [9.17, 15) is 0 Å². The molecule has 0 saturated heterocycles. The molecule has 128 valence electrons. The highest BCUT2D eigenvalue weighted by Crippen LogP contribution is 2.49. The van der Waals surface area contributed by atoms with Crippen LogP contribution in [0.25, 0.3) is 10.9 Å². The van der Waals surface area contributed by atoms with Crippen molar-refractivity contribution >= 4 is 10.9 Å². The number of nitrogens with zero attached hydrogens (tertiary/aromatic N) is 2. The van der Waals surface area contributed by atoms with Gasteiger partial charge in [-0.15, -0.1) is 0 Å². The van der Waals surface area contributed by atoms with Gasteiger partial charge in [-0.3, -0.25) is 0 Å². The lowest BCUT2D eigenvalue weighted by atomic mass is 9.73. The van der Waals surface area contributed by atoms with Crippen LogP contribution in [0.5, 0.6) is 0 Å². The smallest absolute Gasteiger partial charge is 0.0589 e. The molecular formula is C23H26N2. The molecule has 3 heterocycles. The average Bonchev–Trinajstić information content (AvgIpc) is 2.91. The Bertz CT molecular complexity index is 953. The van der Waals surface area contributed by atoms with E-state index in [0.29, 0.717) is 6.04 Å². The van der Waals surface area contributed by atoms with Gasteiger partial charge in [-0.05, 0) is 50.1 Å². The standard InChI is InChI=1S/C23H26N2/c1-16-9-10-21-18(13-16)19-14-24(3)15-23(2)12-11-20(25(21)22(19)23)17-7-5-4-6-8-17/h4-10,13,20H,11-12,14-15H2,1-3H3/t20-,23-/m1/s1. The van der Waals surface area contributed by atoms with Gasteiger partial charge in [0, 0.05) is 35.1 Å². The van der Waals surface area contributed by atoms with E-state index in [0.717, 1.165) is 13.1 Å². The van der Waals surface area contributed by atoms with E-state index >= 15 is 0 Å². The molecule has 0 amide bonds. The summed E-state index contributed by atoms with van der Waals surface area (Å²) >= 11 is 0. The van der Waals surface area contributed by atoms with Crippen LogP contribution in [0.3, 0.4) is 0 Å². The van der Waals surface area contributed by atoms with Crippen LogP contribution in [-0.4, -0.2) is 23.1 Å². The minimum Gasteiger partial charge on any atom is -0.336 e. The Balaban J connectivity index is 1.85. The lowest BCUT2D eigenvalue weighted by Crippen LogP contribution is -2.46. The highest BCUT2D eigenvalue weighted by Gasteiger charge is 2.43. The first kappa shape index (κ1) is 15.2. The molecule has 2 aromatic carbocycles. The number of hydrogen-bond donors (Lipinski definition) is 0. The van der Waals surface area contributed by atoms with E-state index in [1.165, 1.54) is 34.9 Å². The summed E-state index contributed by atoms with van der Waals surface area (Å²) in [6, 6.07) is 18.6. The summed E-state index contributed by atoms with van der Waals surface area (Å²) in [5.74, 6) is 0. The summed E-state index contributed by atoms with van der Waals surface area (Å²) in [7, 11) is 2.27. The molecule has 0 bridgehead atoms. The second kappa shape index (κ2) is 5.22. The Morgan fingerprint density at radius 1 is 1.08 bits per heavy atom. The van der Waals surface area contributed by atoms with Gasteiger partial charge in [0.1, 0.15) is 0 Å². The Hall–Kier alpha value is -2.06. The fourth-order valence-corrected chi connectivity index (χ4v) is 5.40. The average molecular weight is 330 g/mol. The number of likely N-dealkylation sites (N-methyl/N-ethyl adjacent to an activating group) is 1. The van der Waals surface area contributed by atoms with Crippen LogP contribution in [-0.2, 0) is 12.0 Å². The molecule has 2 atom stereocenters. The van der Waals surface area contributed by atoms with E-state index in [-0.39, 0.29) is 5.41 Å². The summed E-state index contributed by atoms with van der Waals surface area (Å²) < 4.78 is 2.69. The highest BCUT2D eigenvalue weighted by molar-refractivity contribution is 5.87. The highest BCUT2D eigenvalue weighted by atomic mass is 15.2. The first-order valence-electron chi connectivity index (χ1n) is 9.44. The number of aromatic nitrogens is 1. The van der Waals surface area contributed by atoms with Gasteiger partial charge in [-0.1, -0.05) is 48.9 Å². The Kier molecular flexibility index (Phi) is 3.18. The van der Waals surface area contributed by atoms with Crippen molar-refractivity contribution in [2.75, 3.05) is 13.6 Å². The number of aryl methyl sites for hydroxylation is 1. The molecule has 2 aliphatic rings. The molecular weight excluding hydrogens is 304 g/mol. The second-order valence-electron chi connectivity index (χ2n) is 8.42. The topological polar surface area (TPSA) is 8.17 Å². The zero-order valence-corrected chi connectivity index (χ0v) is 15.4. The van der Waals surface area contributed by atoms with Gasteiger partial charge >= 0.3 is 0 Å². The monoisotopic (exact) mass is 330 g/mol. The molecule has 2 heteroatoms. The number of fused-ring (bicyclic) bond motifs is 3. The molecule has 1 aromatic heterocycles. The van der Waals surface area contributed by atoms with Crippen molar-refractivity contribution in [1.29, 1.82) is 0 Å². The van der Waals surface area contributed by atoms with Crippen molar-refractivity contribution < 1.29 is 0 Å². The summed E-state index contributed by atoms with van der Waals surface area (Å²) in [4.78, 5) is 2.51. The second-order valence-corrected chi connectivity index (χ2v) is 8.42. The summed E-state index contributed by atoms with van der Waals surface area (Å²) in [5, 5.41) is 1.47. The minimum absolute atomic E-state index is 0.264. The molecule has 5 rings (SSSR count). The largest absolute Gasteiger partial charge is 0.336 e. The van der Waals surface area contributed by atoms with Gasteiger partial charge in [-0.25, -0.2) is 0 Å². The molecule has 0 aliphatic carbocycles. The fraction of sp³-hybridized carbons (Fsp3) is 0.391.